The molecule has 1 aliphatic heterocycles. The molecule has 1 atom stereocenters. The highest BCUT2D eigenvalue weighted by molar-refractivity contribution is 7.91. The summed E-state index contributed by atoms with van der Waals surface area (Å²) >= 11 is 0. The Morgan fingerprint density at radius 3 is 2.52 bits per heavy atom. The summed E-state index contributed by atoms with van der Waals surface area (Å²) in [5.41, 5.74) is -0.712. The maximum Gasteiger partial charge on any atom is 0.418 e. The van der Waals surface area contributed by atoms with E-state index in [0.29, 0.717) is 5.56 Å². The average Bonchev–Trinajstić information content (AvgIpc) is 2.68. The molecule has 1 aromatic carbocycles. The maximum absolute atomic E-state index is 12.9. The summed E-state index contributed by atoms with van der Waals surface area (Å²) in [5.74, 6) is -1.90. The van der Waals surface area contributed by atoms with Crippen LogP contribution < -0.4 is 5.32 Å². The number of nitrogens with one attached hydrogen (secondary N) is 1. The fraction of sp³-hybridized carbons (Fsp3) is 0.462. The van der Waals surface area contributed by atoms with Crippen LogP contribution in [0.3, 0.4) is 0 Å². The summed E-state index contributed by atoms with van der Waals surface area (Å²) in [7, 11) is -3.26. The Morgan fingerprint density at radius 1 is 1.33 bits per heavy atom. The van der Waals surface area contributed by atoms with Crippen LogP contribution in [0, 0.1) is 12.8 Å². The summed E-state index contributed by atoms with van der Waals surface area (Å²) < 4.78 is 61.3. The minimum atomic E-state index is -4.59. The van der Waals surface area contributed by atoms with E-state index in [-0.39, 0.29) is 23.6 Å². The van der Waals surface area contributed by atoms with Gasteiger partial charge in [-0.05, 0) is 31.0 Å². The van der Waals surface area contributed by atoms with Gasteiger partial charge in [-0.1, -0.05) is 6.07 Å². The maximum atomic E-state index is 12.9. The quantitative estimate of drug-likeness (QED) is 0.910. The average molecular weight is 321 g/mol. The van der Waals surface area contributed by atoms with Crippen molar-refractivity contribution in [2.45, 2.75) is 19.5 Å². The van der Waals surface area contributed by atoms with E-state index in [1.165, 1.54) is 12.1 Å². The molecular formula is C13H14F3NO3S. The Morgan fingerprint density at radius 2 is 2.00 bits per heavy atom. The molecule has 0 aromatic heterocycles. The number of aryl methyl sites for hydroxylation is 1. The third-order valence-corrected chi connectivity index (χ3v) is 5.11. The van der Waals surface area contributed by atoms with Crippen LogP contribution in [0.15, 0.2) is 18.2 Å². The molecular weight excluding hydrogens is 307 g/mol. The van der Waals surface area contributed by atoms with E-state index in [0.717, 1.165) is 6.07 Å². The van der Waals surface area contributed by atoms with Crippen molar-refractivity contribution in [2.75, 3.05) is 16.8 Å². The molecule has 2 rings (SSSR count). The SMILES string of the molecule is Cc1ccc(C(F)(F)F)c(NC(=O)C2CCS(=O)(=O)C2)c1. The van der Waals surface area contributed by atoms with E-state index < -0.39 is 33.4 Å². The van der Waals surface area contributed by atoms with Crippen LogP contribution in [-0.4, -0.2) is 25.8 Å². The van der Waals surface area contributed by atoms with Crippen molar-refractivity contribution in [1.29, 1.82) is 0 Å². The van der Waals surface area contributed by atoms with Crippen molar-refractivity contribution in [3.63, 3.8) is 0 Å². The minimum Gasteiger partial charge on any atom is -0.325 e. The predicted octanol–water partition coefficient (Wildman–Crippen LogP) is 2.39. The number of carbonyl (C=O) groups is 1. The number of anilines is 1. The van der Waals surface area contributed by atoms with Gasteiger partial charge >= 0.3 is 6.18 Å². The molecule has 1 N–H and O–H groups in total. The fourth-order valence-corrected chi connectivity index (χ4v) is 3.99. The number of benzene rings is 1. The molecule has 21 heavy (non-hydrogen) atoms. The zero-order valence-corrected chi connectivity index (χ0v) is 12.0. The number of halogens is 3. The van der Waals surface area contributed by atoms with Gasteiger partial charge in [0.1, 0.15) is 0 Å². The molecule has 1 saturated heterocycles. The number of hydrogen-bond acceptors (Lipinski definition) is 3. The normalized spacial score (nSPS) is 21.2. The van der Waals surface area contributed by atoms with Crippen LogP contribution in [0.1, 0.15) is 17.5 Å². The molecule has 1 fully saturated rings. The summed E-state index contributed by atoms with van der Waals surface area (Å²) in [6.45, 7) is 1.61. The second-order valence-electron chi connectivity index (χ2n) is 5.14. The van der Waals surface area contributed by atoms with Gasteiger partial charge in [-0.25, -0.2) is 8.42 Å². The van der Waals surface area contributed by atoms with Crippen molar-refractivity contribution in [3.8, 4) is 0 Å². The Hall–Kier alpha value is -1.57. The van der Waals surface area contributed by atoms with Gasteiger partial charge in [0.15, 0.2) is 9.84 Å². The molecule has 0 bridgehead atoms. The summed E-state index contributed by atoms with van der Waals surface area (Å²) in [5, 5.41) is 2.21. The van der Waals surface area contributed by atoms with Crippen LogP contribution in [0.25, 0.3) is 0 Å². The number of carbonyl (C=O) groups excluding carboxylic acids is 1. The number of sulfone groups is 1. The van der Waals surface area contributed by atoms with Crippen LogP contribution in [0.5, 0.6) is 0 Å². The monoisotopic (exact) mass is 321 g/mol. The van der Waals surface area contributed by atoms with Crippen molar-refractivity contribution in [1.82, 2.24) is 0 Å². The molecule has 1 unspecified atom stereocenters. The van der Waals surface area contributed by atoms with Gasteiger partial charge in [0.2, 0.25) is 5.91 Å². The van der Waals surface area contributed by atoms with E-state index in [1.807, 2.05) is 0 Å². The van der Waals surface area contributed by atoms with Gasteiger partial charge in [0, 0.05) is 0 Å². The number of hydrogen-bond donors (Lipinski definition) is 1. The van der Waals surface area contributed by atoms with Gasteiger partial charge in [-0.3, -0.25) is 4.79 Å². The van der Waals surface area contributed by atoms with Gasteiger partial charge < -0.3 is 5.32 Å². The number of alkyl halides is 3. The first-order valence-corrected chi connectivity index (χ1v) is 8.10. The third kappa shape index (κ3) is 3.75. The molecule has 8 heteroatoms. The number of amides is 1. The molecule has 0 radical (unpaired) electrons. The van der Waals surface area contributed by atoms with Gasteiger partial charge in [0.25, 0.3) is 0 Å². The van der Waals surface area contributed by atoms with Crippen LogP contribution >= 0.6 is 0 Å². The molecule has 1 aliphatic rings. The van der Waals surface area contributed by atoms with Gasteiger partial charge in [-0.2, -0.15) is 13.2 Å². The molecule has 1 heterocycles. The molecule has 1 amide bonds. The van der Waals surface area contributed by atoms with E-state index in [4.69, 9.17) is 0 Å². The van der Waals surface area contributed by atoms with Gasteiger partial charge in [-0.15, -0.1) is 0 Å². The summed E-state index contributed by atoms with van der Waals surface area (Å²) in [6.07, 6.45) is -4.45. The lowest BCUT2D eigenvalue weighted by Crippen LogP contribution is -2.25. The van der Waals surface area contributed by atoms with Crippen molar-refractivity contribution < 1.29 is 26.4 Å². The lowest BCUT2D eigenvalue weighted by molar-refractivity contribution is -0.137. The predicted molar refractivity (Wildman–Crippen MR) is 71.6 cm³/mol. The van der Waals surface area contributed by atoms with Crippen LogP contribution in [0.4, 0.5) is 18.9 Å². The Kier molecular flexibility index (Phi) is 4.01. The largest absolute Gasteiger partial charge is 0.418 e. The Balaban J connectivity index is 2.23. The first-order valence-electron chi connectivity index (χ1n) is 6.27. The van der Waals surface area contributed by atoms with Crippen LogP contribution in [-0.2, 0) is 20.8 Å². The highest BCUT2D eigenvalue weighted by atomic mass is 32.2. The molecule has 0 spiro atoms. The first kappa shape index (κ1) is 15.8. The lowest BCUT2D eigenvalue weighted by atomic mass is 10.1. The summed E-state index contributed by atoms with van der Waals surface area (Å²) in [4.78, 5) is 12.0. The lowest BCUT2D eigenvalue weighted by Gasteiger charge is -2.16. The Labute approximate surface area is 120 Å². The van der Waals surface area contributed by atoms with E-state index >= 15 is 0 Å². The van der Waals surface area contributed by atoms with E-state index in [9.17, 15) is 26.4 Å². The fourth-order valence-electron chi connectivity index (χ4n) is 2.25. The van der Waals surface area contributed by atoms with E-state index in [2.05, 4.69) is 5.32 Å². The smallest absolute Gasteiger partial charge is 0.325 e. The highest BCUT2D eigenvalue weighted by Crippen LogP contribution is 2.35. The zero-order chi connectivity index (χ0) is 15.8. The minimum absolute atomic E-state index is 0.106. The standard InChI is InChI=1S/C13H14F3NO3S/c1-8-2-3-10(13(14,15)16)11(6-8)17-12(18)9-4-5-21(19,20)7-9/h2-3,6,9H,4-5,7H2,1H3,(H,17,18). The first-order chi connectivity index (χ1) is 9.58. The third-order valence-electron chi connectivity index (χ3n) is 3.34. The molecule has 1 aromatic rings. The molecule has 0 saturated carbocycles. The Bertz CT molecular complexity index is 668. The number of rotatable bonds is 2. The summed E-state index contributed by atoms with van der Waals surface area (Å²) in [6, 6.07) is 3.43. The molecule has 116 valence electrons. The highest BCUT2D eigenvalue weighted by Gasteiger charge is 2.36. The van der Waals surface area contributed by atoms with Crippen molar-refractivity contribution in [2.24, 2.45) is 5.92 Å². The van der Waals surface area contributed by atoms with Crippen LogP contribution in [0.2, 0.25) is 0 Å². The zero-order valence-electron chi connectivity index (χ0n) is 11.2. The van der Waals surface area contributed by atoms with E-state index in [1.54, 1.807) is 6.92 Å². The second kappa shape index (κ2) is 5.32. The second-order valence-corrected chi connectivity index (χ2v) is 7.36. The molecule has 4 nitrogen and oxygen atoms in total. The van der Waals surface area contributed by atoms with Crippen molar-refractivity contribution in [3.05, 3.63) is 29.3 Å². The van der Waals surface area contributed by atoms with Gasteiger partial charge in [0.05, 0.1) is 28.7 Å². The van der Waals surface area contributed by atoms with Crippen molar-refractivity contribution >= 4 is 21.4 Å². The topological polar surface area (TPSA) is 63.2 Å². The molecule has 0 aliphatic carbocycles.